The van der Waals surface area contributed by atoms with Gasteiger partial charge in [0.25, 0.3) is 11.5 Å². The minimum atomic E-state index is -0.901. The molecule has 3 rings (SSSR count). The summed E-state index contributed by atoms with van der Waals surface area (Å²) in [7, 11) is 2.87. The molecule has 158 valence electrons. The van der Waals surface area contributed by atoms with Crippen molar-refractivity contribution in [3.63, 3.8) is 0 Å². The highest BCUT2D eigenvalue weighted by atomic mass is 16.5. The van der Waals surface area contributed by atoms with E-state index in [-0.39, 0.29) is 35.9 Å². The summed E-state index contributed by atoms with van der Waals surface area (Å²) >= 11 is 0. The van der Waals surface area contributed by atoms with Crippen LogP contribution in [0.15, 0.2) is 52.2 Å². The van der Waals surface area contributed by atoms with Gasteiger partial charge >= 0.3 is 5.69 Å². The highest BCUT2D eigenvalue weighted by molar-refractivity contribution is 5.96. The fourth-order valence-corrected chi connectivity index (χ4v) is 3.04. The first-order chi connectivity index (χ1) is 14.3. The van der Waals surface area contributed by atoms with Gasteiger partial charge in [0.1, 0.15) is 5.65 Å². The molecule has 0 saturated carbocycles. The van der Waals surface area contributed by atoms with Crippen LogP contribution in [-0.4, -0.2) is 44.4 Å². The first kappa shape index (κ1) is 21.4. The maximum absolute atomic E-state index is 12.4. The molecule has 0 spiro atoms. The van der Waals surface area contributed by atoms with Crippen molar-refractivity contribution in [3.05, 3.63) is 74.6 Å². The van der Waals surface area contributed by atoms with E-state index in [0.717, 1.165) is 10.1 Å². The van der Waals surface area contributed by atoms with Crippen LogP contribution in [-0.2, 0) is 18.8 Å². The van der Waals surface area contributed by atoms with Gasteiger partial charge in [-0.1, -0.05) is 30.3 Å². The quantitative estimate of drug-likeness (QED) is 0.584. The Morgan fingerprint density at radius 2 is 1.90 bits per heavy atom. The van der Waals surface area contributed by atoms with Crippen molar-refractivity contribution in [3.8, 4) is 0 Å². The SMILES string of the molecule is C[C@H](OC[C@@H](O)CNC(=O)c1cnc2c(c1)c(=O)n(C)c(=O)n2C)c1ccccc1. The Morgan fingerprint density at radius 1 is 1.20 bits per heavy atom. The van der Waals surface area contributed by atoms with Gasteiger partial charge in [0.15, 0.2) is 0 Å². The molecule has 0 unspecified atom stereocenters. The Labute approximate surface area is 172 Å². The highest BCUT2D eigenvalue weighted by Crippen LogP contribution is 2.16. The number of pyridine rings is 1. The first-order valence-electron chi connectivity index (χ1n) is 9.48. The number of aliphatic hydroxyl groups excluding tert-OH is 1. The molecule has 0 fully saturated rings. The molecule has 9 heteroatoms. The molecule has 0 saturated heterocycles. The standard InChI is InChI=1S/C21H24N4O5/c1-13(14-7-5-4-6-8-14)30-12-16(26)11-23-19(27)15-9-17-18(22-10-15)24(2)21(29)25(3)20(17)28/h4-10,13,16,26H,11-12H2,1-3H3,(H,23,27)/t13-,16-/m0/s1. The minimum absolute atomic E-state index is 0.0241. The van der Waals surface area contributed by atoms with E-state index >= 15 is 0 Å². The number of amides is 1. The van der Waals surface area contributed by atoms with Gasteiger partial charge in [-0.05, 0) is 18.6 Å². The van der Waals surface area contributed by atoms with E-state index in [1.165, 1.54) is 30.9 Å². The van der Waals surface area contributed by atoms with E-state index < -0.39 is 23.3 Å². The zero-order chi connectivity index (χ0) is 21.8. The topological polar surface area (TPSA) is 115 Å². The number of hydrogen-bond acceptors (Lipinski definition) is 6. The lowest BCUT2D eigenvalue weighted by Crippen LogP contribution is -2.38. The summed E-state index contributed by atoms with van der Waals surface area (Å²) in [6.07, 6.45) is 0.197. The van der Waals surface area contributed by atoms with Gasteiger partial charge in [0, 0.05) is 26.8 Å². The molecule has 9 nitrogen and oxygen atoms in total. The fraction of sp³-hybridized carbons (Fsp3) is 0.333. The molecule has 2 heterocycles. The third kappa shape index (κ3) is 4.47. The number of aryl methyl sites for hydroxylation is 1. The first-order valence-corrected chi connectivity index (χ1v) is 9.48. The molecule has 2 N–H and O–H groups in total. The summed E-state index contributed by atoms with van der Waals surface area (Å²) in [6, 6.07) is 11.0. The molecular formula is C21H24N4O5. The molecule has 0 aliphatic rings. The summed E-state index contributed by atoms with van der Waals surface area (Å²) in [5.41, 5.74) is 0.322. The van der Waals surface area contributed by atoms with Crippen molar-refractivity contribution >= 4 is 16.9 Å². The molecule has 0 bridgehead atoms. The van der Waals surface area contributed by atoms with E-state index in [1.54, 1.807) is 0 Å². The van der Waals surface area contributed by atoms with E-state index in [0.29, 0.717) is 0 Å². The van der Waals surface area contributed by atoms with Crippen molar-refractivity contribution in [1.29, 1.82) is 0 Å². The molecule has 2 aromatic heterocycles. The van der Waals surface area contributed by atoms with Crippen molar-refractivity contribution in [2.24, 2.45) is 14.1 Å². The summed E-state index contributed by atoms with van der Waals surface area (Å²) < 4.78 is 7.85. The second-order valence-electron chi connectivity index (χ2n) is 7.05. The largest absolute Gasteiger partial charge is 0.389 e. The van der Waals surface area contributed by atoms with Crippen LogP contribution in [0.5, 0.6) is 0 Å². The van der Waals surface area contributed by atoms with Crippen LogP contribution in [0.25, 0.3) is 11.0 Å². The van der Waals surface area contributed by atoms with Gasteiger partial charge in [-0.2, -0.15) is 0 Å². The number of aliphatic hydroxyl groups is 1. The van der Waals surface area contributed by atoms with Crippen LogP contribution >= 0.6 is 0 Å². The molecule has 30 heavy (non-hydrogen) atoms. The number of carbonyl (C=O) groups is 1. The third-order valence-electron chi connectivity index (χ3n) is 4.86. The molecule has 0 aliphatic carbocycles. The minimum Gasteiger partial charge on any atom is -0.389 e. The molecular weight excluding hydrogens is 388 g/mol. The molecule has 0 radical (unpaired) electrons. The lowest BCUT2D eigenvalue weighted by atomic mass is 10.1. The molecule has 1 aromatic carbocycles. The van der Waals surface area contributed by atoms with Gasteiger partial charge in [0.05, 0.1) is 29.8 Å². The predicted molar refractivity (Wildman–Crippen MR) is 111 cm³/mol. The molecule has 1 amide bonds. The van der Waals surface area contributed by atoms with E-state index in [4.69, 9.17) is 4.74 Å². The highest BCUT2D eigenvalue weighted by Gasteiger charge is 2.15. The number of hydrogen-bond donors (Lipinski definition) is 2. The number of rotatable bonds is 7. The fourth-order valence-electron chi connectivity index (χ4n) is 3.04. The monoisotopic (exact) mass is 412 g/mol. The van der Waals surface area contributed by atoms with Gasteiger partial charge in [0.2, 0.25) is 0 Å². The number of aromatic nitrogens is 3. The Hall–Kier alpha value is -3.30. The zero-order valence-electron chi connectivity index (χ0n) is 17.0. The number of benzene rings is 1. The van der Waals surface area contributed by atoms with Crippen LogP contribution in [0, 0.1) is 0 Å². The van der Waals surface area contributed by atoms with Gasteiger partial charge in [-0.15, -0.1) is 0 Å². The lowest BCUT2D eigenvalue weighted by molar-refractivity contribution is -0.00171. The maximum atomic E-state index is 12.4. The average Bonchev–Trinajstić information content (AvgIpc) is 2.78. The van der Waals surface area contributed by atoms with E-state index in [9.17, 15) is 19.5 Å². The summed E-state index contributed by atoms with van der Waals surface area (Å²) in [4.78, 5) is 40.8. The van der Waals surface area contributed by atoms with Gasteiger partial charge < -0.3 is 15.2 Å². The molecule has 2 atom stereocenters. The van der Waals surface area contributed by atoms with Crippen LogP contribution in [0.2, 0.25) is 0 Å². The Morgan fingerprint density at radius 3 is 2.60 bits per heavy atom. The normalized spacial score (nSPS) is 13.2. The van der Waals surface area contributed by atoms with Crippen LogP contribution in [0.3, 0.4) is 0 Å². The van der Waals surface area contributed by atoms with Gasteiger partial charge in [-0.25, -0.2) is 9.78 Å². The van der Waals surface area contributed by atoms with Crippen molar-refractivity contribution in [2.75, 3.05) is 13.2 Å². The molecule has 3 aromatic rings. The maximum Gasteiger partial charge on any atom is 0.332 e. The van der Waals surface area contributed by atoms with Crippen molar-refractivity contribution in [2.45, 2.75) is 19.1 Å². The summed E-state index contributed by atoms with van der Waals surface area (Å²) in [6.45, 7) is 1.91. The zero-order valence-corrected chi connectivity index (χ0v) is 17.0. The molecule has 0 aliphatic heterocycles. The van der Waals surface area contributed by atoms with Crippen LogP contribution < -0.4 is 16.6 Å². The number of nitrogens with one attached hydrogen (secondary N) is 1. The number of nitrogens with zero attached hydrogens (tertiary/aromatic N) is 3. The predicted octanol–water partition coefficient (Wildman–Crippen LogP) is 0.501. The number of ether oxygens (including phenoxy) is 1. The number of fused-ring (bicyclic) bond motifs is 1. The third-order valence-corrected chi connectivity index (χ3v) is 4.86. The number of carbonyl (C=O) groups excluding carboxylic acids is 1. The Balaban J connectivity index is 1.62. The lowest BCUT2D eigenvalue weighted by Gasteiger charge is -2.17. The summed E-state index contributed by atoms with van der Waals surface area (Å²) in [5.74, 6) is -0.490. The Kier molecular flexibility index (Phi) is 6.43. The average molecular weight is 412 g/mol. The van der Waals surface area contributed by atoms with Gasteiger partial charge in [-0.3, -0.25) is 18.7 Å². The van der Waals surface area contributed by atoms with E-state index in [1.807, 2.05) is 37.3 Å². The second kappa shape index (κ2) is 9.02. The second-order valence-corrected chi connectivity index (χ2v) is 7.05. The van der Waals surface area contributed by atoms with Crippen molar-refractivity contribution in [1.82, 2.24) is 19.4 Å². The van der Waals surface area contributed by atoms with Crippen LogP contribution in [0.4, 0.5) is 0 Å². The Bertz CT molecular complexity index is 1170. The van der Waals surface area contributed by atoms with Crippen molar-refractivity contribution < 1.29 is 14.6 Å². The summed E-state index contributed by atoms with van der Waals surface area (Å²) in [5, 5.41) is 12.9. The smallest absolute Gasteiger partial charge is 0.332 e. The van der Waals surface area contributed by atoms with Crippen LogP contribution in [0.1, 0.15) is 28.9 Å². The van der Waals surface area contributed by atoms with E-state index in [2.05, 4.69) is 10.3 Å².